The molecular formula is C77H53B4N5. The molecule has 0 saturated heterocycles. The molecule has 0 N–H and O–H groups in total. The van der Waals surface area contributed by atoms with E-state index in [0.29, 0.717) is 0 Å². The van der Waals surface area contributed by atoms with Gasteiger partial charge in [-0.15, -0.1) is 0 Å². The van der Waals surface area contributed by atoms with Crippen molar-refractivity contribution in [2.24, 2.45) is 0 Å². The molecule has 1 aromatic heterocycles. The predicted octanol–water partition coefficient (Wildman–Crippen LogP) is 10.3. The van der Waals surface area contributed by atoms with Crippen molar-refractivity contribution in [1.82, 2.24) is 4.98 Å². The van der Waals surface area contributed by atoms with Gasteiger partial charge in [0.15, 0.2) is 11.6 Å². The van der Waals surface area contributed by atoms with Gasteiger partial charge in [-0.1, -0.05) is 289 Å². The van der Waals surface area contributed by atoms with Gasteiger partial charge in [0.1, 0.15) is 0 Å². The molecule has 0 spiro atoms. The van der Waals surface area contributed by atoms with Gasteiger partial charge in [-0.2, -0.15) is 0 Å². The number of hydrogen-bond acceptors (Lipinski definition) is 5. The van der Waals surface area contributed by atoms with E-state index in [2.05, 4.69) is 341 Å². The Morgan fingerprint density at radius 1 is 0.174 bits per heavy atom. The third-order valence-corrected chi connectivity index (χ3v) is 18.3. The number of fused-ring (bicyclic) bond motifs is 8. The second kappa shape index (κ2) is 20.5. The van der Waals surface area contributed by atoms with Crippen molar-refractivity contribution >= 4 is 161 Å². The minimum Gasteiger partial charge on any atom is -0.308 e. The Balaban J connectivity index is 1.03. The predicted molar refractivity (Wildman–Crippen MR) is 367 cm³/mol. The average molecular weight is 1090 g/mol. The Morgan fingerprint density at radius 3 is 0.558 bits per heavy atom. The summed E-state index contributed by atoms with van der Waals surface area (Å²) < 4.78 is 0. The molecule has 5 heterocycles. The van der Waals surface area contributed by atoms with Gasteiger partial charge in [-0.25, -0.2) is 4.98 Å². The van der Waals surface area contributed by atoms with Crippen LogP contribution < -0.4 is 85.2 Å². The van der Waals surface area contributed by atoms with E-state index in [0.717, 1.165) is 68.5 Å². The number of aromatic nitrogens is 1. The van der Waals surface area contributed by atoms with Gasteiger partial charge in [-0.05, 0) is 98.3 Å². The van der Waals surface area contributed by atoms with Gasteiger partial charge in [0, 0.05) is 45.5 Å². The van der Waals surface area contributed by atoms with Crippen LogP contribution in [0.5, 0.6) is 0 Å². The van der Waals surface area contributed by atoms with Crippen LogP contribution in [0.1, 0.15) is 0 Å². The van der Waals surface area contributed by atoms with E-state index in [9.17, 15) is 0 Å². The van der Waals surface area contributed by atoms with Gasteiger partial charge < -0.3 is 9.80 Å². The second-order valence-electron chi connectivity index (χ2n) is 22.9. The van der Waals surface area contributed by atoms with Crippen LogP contribution in [0.4, 0.5) is 68.5 Å². The third-order valence-electron chi connectivity index (χ3n) is 18.3. The van der Waals surface area contributed by atoms with Crippen molar-refractivity contribution in [3.63, 3.8) is 0 Å². The first-order valence-corrected chi connectivity index (χ1v) is 29.9. The first kappa shape index (κ1) is 49.8. The van der Waals surface area contributed by atoms with Crippen LogP contribution >= 0.6 is 0 Å². The molecule has 0 saturated carbocycles. The number of benzene rings is 12. The van der Waals surface area contributed by atoms with Crippen LogP contribution in [0, 0.1) is 0 Å². The number of nitrogens with zero attached hydrogens (tertiary/aromatic N) is 5. The normalized spacial score (nSPS) is 13.4. The molecule has 0 unspecified atom stereocenters. The van der Waals surface area contributed by atoms with E-state index >= 15 is 0 Å². The summed E-state index contributed by atoms with van der Waals surface area (Å²) in [4.78, 5) is 16.6. The summed E-state index contributed by atoms with van der Waals surface area (Å²) in [5.41, 5.74) is 25.3. The van der Waals surface area contributed by atoms with Crippen LogP contribution in [-0.2, 0) is 0 Å². The molecule has 4 aliphatic heterocycles. The zero-order chi connectivity index (χ0) is 56.7. The molecule has 17 rings (SSSR count). The van der Waals surface area contributed by atoms with Crippen LogP contribution in [-0.4, -0.2) is 31.8 Å². The maximum absolute atomic E-state index is 6.58. The minimum absolute atomic E-state index is 0.0206. The Bertz CT molecular complexity index is 3950. The molecule has 86 heavy (non-hydrogen) atoms. The summed E-state index contributed by atoms with van der Waals surface area (Å²) in [5, 5.41) is 0. The first-order chi connectivity index (χ1) is 42.8. The van der Waals surface area contributed by atoms with E-state index in [4.69, 9.17) is 4.98 Å². The molecule has 9 heteroatoms. The lowest BCUT2D eigenvalue weighted by atomic mass is 9.35. The van der Waals surface area contributed by atoms with E-state index in [1.54, 1.807) is 0 Å². The molecule has 4 aliphatic rings. The standard InChI is InChI=1S/C77H53B4N5/c1-5-29-54(30-6-1)78-58-37-13-21-45-66(58)83(67-46-22-14-38-59(67)78)74-53-75(84-68-47-23-15-39-60(68)79(55-31-7-2-8-32-55)61-40-16-24-48-69(61)84)77(86-72-51-27-19-43-64(72)81(57-35-11-4-12-36-57)65-44-20-28-52-73(65)86)82-76(74)85-70-49-25-17-41-62(70)80(56-33-9-3-10-34-56)63-42-18-26-50-71(63)85/h1-53H. The maximum atomic E-state index is 6.58. The Morgan fingerprint density at radius 2 is 0.349 bits per heavy atom. The first-order valence-electron chi connectivity index (χ1n) is 29.9. The highest BCUT2D eigenvalue weighted by molar-refractivity contribution is 7.00. The smallest absolute Gasteiger partial charge is 0.246 e. The lowest BCUT2D eigenvalue weighted by Crippen LogP contribution is -2.58. The van der Waals surface area contributed by atoms with E-state index in [1.807, 2.05) is 0 Å². The number of pyridine rings is 1. The highest BCUT2D eigenvalue weighted by atomic mass is 15.3. The van der Waals surface area contributed by atoms with E-state index < -0.39 is 0 Å². The van der Waals surface area contributed by atoms with Crippen molar-refractivity contribution in [2.45, 2.75) is 0 Å². The Hall–Kier alpha value is -10.8. The van der Waals surface area contributed by atoms with Crippen LogP contribution in [0.15, 0.2) is 322 Å². The summed E-state index contributed by atoms with van der Waals surface area (Å²) in [6.07, 6.45) is 0. The molecule has 13 aromatic rings. The monoisotopic (exact) mass is 1090 g/mol. The highest BCUT2D eigenvalue weighted by Crippen LogP contribution is 2.53. The SMILES string of the molecule is c1ccc(B2c3ccccc3N(c3cc(N4c5ccccc5B(c5ccccc5)c5ccccc54)c(N4c5ccccc5B(c5ccccc5)c5ccccc54)nc3N3c4ccccc4B(c4ccccc4)c4ccccc43)c3ccccc32)cc1. The molecule has 12 aromatic carbocycles. The molecule has 0 fully saturated rings. The van der Waals surface area contributed by atoms with Crippen molar-refractivity contribution < 1.29 is 0 Å². The van der Waals surface area contributed by atoms with Crippen LogP contribution in [0.3, 0.4) is 0 Å². The molecule has 0 bridgehead atoms. The molecular weight excluding hydrogens is 1040 g/mol. The summed E-state index contributed by atoms with van der Waals surface area (Å²) in [6.45, 7) is -0.0971. The van der Waals surface area contributed by atoms with Gasteiger partial charge >= 0.3 is 0 Å². The summed E-state index contributed by atoms with van der Waals surface area (Å²) in [5.74, 6) is 1.61. The molecule has 0 amide bonds. The molecule has 0 radical (unpaired) electrons. The lowest BCUT2D eigenvalue weighted by molar-refractivity contribution is 1.10. The fourth-order valence-electron chi connectivity index (χ4n) is 14.8. The quantitative estimate of drug-likeness (QED) is 0.141. The van der Waals surface area contributed by atoms with Gasteiger partial charge in [0.25, 0.3) is 0 Å². The molecule has 398 valence electrons. The number of rotatable bonds is 8. The van der Waals surface area contributed by atoms with Crippen molar-refractivity contribution in [3.8, 4) is 0 Å². The average Bonchev–Trinajstić information content (AvgIpc) is 0.961. The maximum Gasteiger partial charge on any atom is 0.246 e. The van der Waals surface area contributed by atoms with Crippen LogP contribution in [0.25, 0.3) is 0 Å². The van der Waals surface area contributed by atoms with Crippen LogP contribution in [0.2, 0.25) is 0 Å². The lowest BCUT2D eigenvalue weighted by Gasteiger charge is -2.44. The highest BCUT2D eigenvalue weighted by Gasteiger charge is 2.45. The molecule has 0 atom stereocenters. The summed E-state index contributed by atoms with van der Waals surface area (Å²) in [6, 6.07) is 119. The van der Waals surface area contributed by atoms with E-state index in [1.165, 1.54) is 65.6 Å². The van der Waals surface area contributed by atoms with Crippen molar-refractivity contribution in [1.29, 1.82) is 0 Å². The van der Waals surface area contributed by atoms with Gasteiger partial charge in [0.2, 0.25) is 26.9 Å². The fourth-order valence-corrected chi connectivity index (χ4v) is 14.8. The Labute approximate surface area is 504 Å². The van der Waals surface area contributed by atoms with E-state index in [-0.39, 0.29) is 26.9 Å². The van der Waals surface area contributed by atoms with Gasteiger partial charge in [0.05, 0.1) is 11.4 Å². The topological polar surface area (TPSA) is 25.9 Å². The fraction of sp³-hybridized carbons (Fsp3) is 0. The second-order valence-corrected chi connectivity index (χ2v) is 22.9. The zero-order valence-corrected chi connectivity index (χ0v) is 47.1. The third kappa shape index (κ3) is 7.81. The zero-order valence-electron chi connectivity index (χ0n) is 47.1. The number of para-hydroxylation sites is 8. The van der Waals surface area contributed by atoms with Gasteiger partial charge in [-0.3, -0.25) is 9.80 Å². The number of anilines is 12. The molecule has 5 nitrogen and oxygen atoms in total. The van der Waals surface area contributed by atoms with Crippen molar-refractivity contribution in [3.05, 3.63) is 322 Å². The summed E-state index contributed by atoms with van der Waals surface area (Å²) in [7, 11) is 0. The largest absolute Gasteiger partial charge is 0.308 e. The Kier molecular flexibility index (Phi) is 11.9. The van der Waals surface area contributed by atoms with Crippen molar-refractivity contribution in [2.75, 3.05) is 19.6 Å². The minimum atomic E-state index is -0.0280. The number of hydrogen-bond donors (Lipinski definition) is 0. The molecule has 0 aliphatic carbocycles. The summed E-state index contributed by atoms with van der Waals surface area (Å²) >= 11 is 0.